The van der Waals surface area contributed by atoms with Gasteiger partial charge in [0.05, 0.1) is 24.8 Å². The van der Waals surface area contributed by atoms with E-state index in [0.29, 0.717) is 63.1 Å². The van der Waals surface area contributed by atoms with Crippen molar-refractivity contribution in [3.63, 3.8) is 0 Å². The molecule has 44 nitrogen and oxygen atoms in total. The number of hydrogen-bond acceptors (Lipinski definition) is 24. The minimum atomic E-state index is -1.82. The van der Waals surface area contributed by atoms with Crippen LogP contribution in [0.15, 0.2) is 85.2 Å². The fourth-order valence-corrected chi connectivity index (χ4v) is 17.5. The van der Waals surface area contributed by atoms with Crippen molar-refractivity contribution in [3.8, 4) is 5.75 Å². The van der Waals surface area contributed by atoms with Gasteiger partial charge in [-0.2, -0.15) is 0 Å². The Bertz CT molecular complexity index is 5130. The van der Waals surface area contributed by atoms with E-state index >= 15 is 33.6 Å². The summed E-state index contributed by atoms with van der Waals surface area (Å²) >= 11 is 0.695. The minimum Gasteiger partial charge on any atom is -0.508 e. The van der Waals surface area contributed by atoms with E-state index < -0.39 is 273 Å². The number of thioether (sulfide) groups is 1. The van der Waals surface area contributed by atoms with Crippen molar-refractivity contribution in [1.82, 2.24) is 87.2 Å². The molecule has 8 rings (SSSR count). The van der Waals surface area contributed by atoms with Crippen molar-refractivity contribution in [2.24, 2.45) is 28.9 Å². The molecule has 15 atom stereocenters. The van der Waals surface area contributed by atoms with Crippen molar-refractivity contribution in [3.05, 3.63) is 102 Å². The molecule has 3 aliphatic heterocycles. The molecule has 0 radical (unpaired) electrons. The zero-order chi connectivity index (χ0) is 99.4. The summed E-state index contributed by atoms with van der Waals surface area (Å²) < 4.78 is 1.41. The zero-order valence-electron chi connectivity index (χ0n) is 76.9. The van der Waals surface area contributed by atoms with Gasteiger partial charge in [-0.15, -0.1) is 11.8 Å². The van der Waals surface area contributed by atoms with Crippen LogP contribution in [0.25, 0.3) is 21.8 Å². The second-order valence-electron chi connectivity index (χ2n) is 34.6. The van der Waals surface area contributed by atoms with Gasteiger partial charge < -0.3 is 131 Å². The Labute approximate surface area is 783 Å². The maximum Gasteiger partial charge on any atom is 0.323 e. The summed E-state index contributed by atoms with van der Waals surface area (Å²) in [5, 5.41) is 68.7. The summed E-state index contributed by atoms with van der Waals surface area (Å²) in [6.45, 7) is 5.44. The smallest absolute Gasteiger partial charge is 0.323 e. The average molecular weight is 1900 g/mol. The van der Waals surface area contributed by atoms with Gasteiger partial charge in [0.15, 0.2) is 0 Å². The van der Waals surface area contributed by atoms with Crippen molar-refractivity contribution in [2.45, 2.75) is 241 Å². The van der Waals surface area contributed by atoms with E-state index in [2.05, 4.69) is 58.2 Å². The van der Waals surface area contributed by atoms with Crippen LogP contribution in [0.5, 0.6) is 5.75 Å². The van der Waals surface area contributed by atoms with Crippen LogP contribution in [-0.4, -0.2) is 323 Å². The Morgan fingerprint density at radius 1 is 0.548 bits per heavy atom. The van der Waals surface area contributed by atoms with Crippen LogP contribution in [-0.2, 0) is 117 Å². The number of amides is 17. The van der Waals surface area contributed by atoms with Gasteiger partial charge >= 0.3 is 11.9 Å². The fraction of sp³-hybridized carbons (Fsp3) is 0.544. The predicted octanol–water partition coefficient (Wildman–Crippen LogP) is -3.42. The van der Waals surface area contributed by atoms with Gasteiger partial charge in [0.25, 0.3) is 0 Å². The summed E-state index contributed by atoms with van der Waals surface area (Å²) in [6, 6.07) is -3.42. The SMILES string of the molecule is CCCC[C@H]1C(=O)N(C)[C@@H](CCCC)C(=O)N[C@@H](CCC(=O)O)C(=O)N[C@H](C(=O)NCC(N)=O)CSCC(=O)N[C@@H](Cc2ccc(O)cc2)C(=O)N(C)[C@@H](C)C(=O)N[C@@H](CC(N)=O)C(=O)N2CCCC2C(=O)N[C@@H](CN)C(=O)N[C@@H](CC(C)C)C(=O)N2C[C@H](O)C[C@H]2C(=O)N[C@@H](Cc2c[nH]c3ccccc23)C(=O)N[C@@H](CCN)C(=O)N[C@@H](Cc2cn(CC(=O)O)c3ccccc23)C(=O)N1C. The topological polar surface area (TPSA) is 667 Å². The maximum absolute atomic E-state index is 15.9. The number of aromatic nitrogens is 2. The Morgan fingerprint density at radius 2 is 1.10 bits per heavy atom. The molecule has 5 aromatic rings. The summed E-state index contributed by atoms with van der Waals surface area (Å²) in [7, 11) is 3.74. The number of benzene rings is 3. The molecule has 2 aromatic heterocycles. The Balaban J connectivity index is 1.21. The first-order valence-electron chi connectivity index (χ1n) is 45.1. The number of phenols is 1. The van der Waals surface area contributed by atoms with Gasteiger partial charge in [0.2, 0.25) is 100 Å². The molecule has 3 saturated heterocycles. The third-order valence-electron chi connectivity index (χ3n) is 24.0. The highest BCUT2D eigenvalue weighted by Gasteiger charge is 2.47. The Hall–Kier alpha value is -13.3. The molecule has 0 saturated carbocycles. The van der Waals surface area contributed by atoms with Gasteiger partial charge in [-0.25, -0.2) is 0 Å². The lowest BCUT2D eigenvalue weighted by Crippen LogP contribution is -2.62. The Kier molecular flexibility index (Phi) is 40.2. The van der Waals surface area contributed by atoms with Crippen LogP contribution in [0.4, 0.5) is 0 Å². The van der Waals surface area contributed by atoms with Crippen LogP contribution >= 0.6 is 11.8 Å². The molecule has 135 heavy (non-hydrogen) atoms. The number of nitrogens with zero attached hydrogens (tertiary/aromatic N) is 6. The molecule has 0 aliphatic carbocycles. The third-order valence-corrected chi connectivity index (χ3v) is 25.0. The van der Waals surface area contributed by atoms with Gasteiger partial charge in [0.1, 0.15) is 96.9 Å². The summed E-state index contributed by atoms with van der Waals surface area (Å²) in [5.74, 6) is -21.2. The molecule has 3 aromatic carbocycles. The number of nitrogens with one attached hydrogen (secondary N) is 11. The number of hydrogen-bond donors (Lipinski definition) is 19. The molecule has 17 amide bonds. The van der Waals surface area contributed by atoms with Crippen LogP contribution in [0.1, 0.15) is 141 Å². The number of primary amides is 2. The highest BCUT2D eigenvalue weighted by atomic mass is 32.2. The number of carbonyl (C=O) groups excluding carboxylic acids is 17. The van der Waals surface area contributed by atoms with Crippen LogP contribution < -0.4 is 76.1 Å². The molecule has 45 heteroatoms. The van der Waals surface area contributed by atoms with Crippen molar-refractivity contribution >= 4 is 146 Å². The molecule has 5 heterocycles. The lowest BCUT2D eigenvalue weighted by atomic mass is 9.99. The van der Waals surface area contributed by atoms with Crippen LogP contribution in [0.3, 0.4) is 0 Å². The lowest BCUT2D eigenvalue weighted by molar-refractivity contribution is -0.149. The first-order valence-corrected chi connectivity index (χ1v) is 46.2. The van der Waals surface area contributed by atoms with E-state index in [4.69, 9.17) is 22.9 Å². The lowest BCUT2D eigenvalue weighted by Gasteiger charge is -2.36. The maximum atomic E-state index is 15.9. The Morgan fingerprint density at radius 3 is 1.75 bits per heavy atom. The van der Waals surface area contributed by atoms with Gasteiger partial charge in [-0.05, 0) is 105 Å². The van der Waals surface area contributed by atoms with E-state index in [-0.39, 0.29) is 89.0 Å². The number of carboxylic acids is 2. The van der Waals surface area contributed by atoms with E-state index in [1.165, 1.54) is 63.1 Å². The highest BCUT2D eigenvalue weighted by Crippen LogP contribution is 2.29. The van der Waals surface area contributed by atoms with E-state index in [0.717, 1.165) is 24.5 Å². The largest absolute Gasteiger partial charge is 0.508 e. The standard InChI is InChI=1S/C90H127N21O23S/c1-9-11-21-68-83(127)99-58(29-30-75(117)118)79(123)105-66(78(122)96-42-73(94)115)46-135-47-74(116)97-62(35-50-25-27-53(112)28-26-50)86(130)106(6)49(5)77(121)101-64(39-72(93)114)88(132)110-33-17-24-69(110)84(128)104-65(40-92)82(126)102-61(34-48(3)4)89(133)111-44-54(113)38-71(111)85(129)100-60(36-51-41-95-57-20-15-13-18-55(51)57)81(125)98-59(31-32-91)80(124)103-63(87(131)108(8)70(22-12-10-2)90(134)107(68)7)37-52-43-109(45-76(119)120)67-23-16-14-19-56(52)67/h13-16,18-20,23,25-28,41,43,48-49,54,58-66,68-71,95,112-113H,9-12,17,21-22,24,29-40,42,44-47,91-92H2,1-8H3,(H2,93,114)(H2,94,115)(H,96,122)(H,97,116)(H,98,125)(H,99,127)(H,100,129)(H,101,121)(H,102,126)(H,103,124)(H,104,128)(H,105,123)(H,117,118)(H,119,120)/t49-,54+,58-,59-,60-,61-,62-,63-,64-,65-,66-,68-,69?,70-,71-/m0/s1. The first-order chi connectivity index (χ1) is 64.1. The monoisotopic (exact) mass is 1900 g/mol. The number of aliphatic hydroxyl groups is 1. The average Bonchev–Trinajstić information content (AvgIpc) is 1.68. The summed E-state index contributed by atoms with van der Waals surface area (Å²) in [6.07, 6.45) is -1.11. The molecular formula is C90H127N21O23S. The number of unbranched alkanes of at least 4 members (excludes halogenated alkanes) is 2. The minimum absolute atomic E-state index is 0.0328. The molecule has 23 N–H and O–H groups in total. The number of likely N-dealkylation sites (N-methyl/N-ethyl adjacent to an activating group) is 3. The van der Waals surface area contributed by atoms with Crippen molar-refractivity contribution in [1.29, 1.82) is 0 Å². The van der Waals surface area contributed by atoms with E-state index in [1.54, 1.807) is 82.4 Å². The number of aromatic amines is 1. The number of aromatic hydroxyl groups is 1. The van der Waals surface area contributed by atoms with E-state index in [1.807, 2.05) is 0 Å². The second kappa shape index (κ2) is 50.7. The number of H-pyrrole nitrogens is 1. The van der Waals surface area contributed by atoms with Gasteiger partial charge in [-0.3, -0.25) is 91.1 Å². The molecule has 0 bridgehead atoms. The normalized spacial score (nSPS) is 24.8. The fourth-order valence-electron chi connectivity index (χ4n) is 16.6. The molecule has 3 fully saturated rings. The predicted molar refractivity (Wildman–Crippen MR) is 492 cm³/mol. The zero-order valence-corrected chi connectivity index (χ0v) is 77.8. The number of fused-ring (bicyclic) bond motifs is 4. The highest BCUT2D eigenvalue weighted by molar-refractivity contribution is 8.00. The molecule has 0 spiro atoms. The van der Waals surface area contributed by atoms with E-state index in [9.17, 15) is 78.0 Å². The van der Waals surface area contributed by atoms with Gasteiger partial charge in [0, 0.05) is 113 Å². The molecule has 1 unspecified atom stereocenters. The first kappa shape index (κ1) is 107. The number of rotatable bonds is 27. The van der Waals surface area contributed by atoms with Crippen LogP contribution in [0, 0.1) is 5.92 Å². The third kappa shape index (κ3) is 29.8. The number of nitrogens with two attached hydrogens (primary N) is 4. The number of carbonyl (C=O) groups is 19. The number of para-hydroxylation sites is 2. The quantitative estimate of drug-likeness (QED) is 0.0243. The number of carboxylic acid groups (broad SMARTS) is 2. The number of aliphatic hydroxyl groups excluding tert-OH is 1. The summed E-state index contributed by atoms with van der Waals surface area (Å²) in [4.78, 5) is 282. The van der Waals surface area contributed by atoms with Gasteiger partial charge in [-0.1, -0.05) is 102 Å². The van der Waals surface area contributed by atoms with Crippen molar-refractivity contribution < 1.29 is 112 Å². The molecule has 3 aliphatic rings. The number of phenolic OH excluding ortho intramolecular Hbond substituents is 1. The molecule has 736 valence electrons. The van der Waals surface area contributed by atoms with Crippen molar-refractivity contribution in [2.75, 3.05) is 65.4 Å². The van der Waals surface area contributed by atoms with Crippen LogP contribution in [0.2, 0.25) is 0 Å². The summed E-state index contributed by atoms with van der Waals surface area (Å²) in [5.41, 5.74) is 25.7. The molecular weight excluding hydrogens is 1780 g/mol. The second-order valence-corrected chi connectivity index (χ2v) is 35.6. The number of aliphatic carboxylic acids is 2.